The summed E-state index contributed by atoms with van der Waals surface area (Å²) in [5.74, 6) is -2.54. The minimum atomic E-state index is -1.27. The Morgan fingerprint density at radius 1 is 1.25 bits per heavy atom. The number of hydrogen-bond donors (Lipinski definition) is 2. The molecular formula is C11H16N4O5. The third-order valence-electron chi connectivity index (χ3n) is 2.43. The van der Waals surface area contributed by atoms with E-state index < -0.39 is 31.1 Å². The first kappa shape index (κ1) is 15.5. The molecule has 0 unspecified atom stereocenters. The average Bonchev–Trinajstić information content (AvgIpc) is 2.71. The molecule has 1 aromatic heterocycles. The maximum atomic E-state index is 12.0. The minimum absolute atomic E-state index is 0.211. The van der Waals surface area contributed by atoms with Gasteiger partial charge in [-0.3, -0.25) is 14.3 Å². The number of rotatable bonds is 6. The van der Waals surface area contributed by atoms with Gasteiger partial charge in [-0.1, -0.05) is 0 Å². The molecular weight excluding hydrogens is 268 g/mol. The molecule has 20 heavy (non-hydrogen) atoms. The van der Waals surface area contributed by atoms with Gasteiger partial charge in [-0.15, -0.1) is 0 Å². The summed E-state index contributed by atoms with van der Waals surface area (Å²) in [4.78, 5) is 35.3. The van der Waals surface area contributed by atoms with E-state index in [2.05, 4.69) is 5.10 Å². The largest absolute Gasteiger partial charge is 0.480 e. The summed E-state index contributed by atoms with van der Waals surface area (Å²) < 4.78 is 1.57. The van der Waals surface area contributed by atoms with Crippen LogP contribution in [0.15, 0.2) is 12.4 Å². The third-order valence-corrected chi connectivity index (χ3v) is 2.43. The van der Waals surface area contributed by atoms with Crippen LogP contribution in [0.25, 0.3) is 0 Å². The van der Waals surface area contributed by atoms with Crippen molar-refractivity contribution in [1.82, 2.24) is 19.6 Å². The molecule has 1 heterocycles. The molecule has 110 valence electrons. The zero-order chi connectivity index (χ0) is 15.3. The van der Waals surface area contributed by atoms with Crippen LogP contribution in [-0.2, 0) is 23.2 Å². The highest BCUT2D eigenvalue weighted by atomic mass is 16.4. The smallest absolute Gasteiger partial charge is 0.323 e. The van der Waals surface area contributed by atoms with Gasteiger partial charge in [0.25, 0.3) is 0 Å². The molecule has 0 bridgehead atoms. The molecule has 0 saturated carbocycles. The number of carbonyl (C=O) groups excluding carboxylic acids is 1. The molecule has 2 N–H and O–H groups in total. The van der Waals surface area contributed by atoms with Crippen LogP contribution >= 0.6 is 0 Å². The van der Waals surface area contributed by atoms with Gasteiger partial charge in [0.1, 0.15) is 13.1 Å². The van der Waals surface area contributed by atoms with E-state index in [9.17, 15) is 14.4 Å². The molecule has 1 aromatic rings. The van der Waals surface area contributed by atoms with Gasteiger partial charge in [-0.25, -0.2) is 4.79 Å². The molecule has 1 rings (SSSR count). The van der Waals surface area contributed by atoms with E-state index in [0.29, 0.717) is 0 Å². The standard InChI is InChI=1S/C11H16N4O5/c1-13(4-8-3-12-14(2)5-8)11(20)15(6-9(16)17)7-10(18)19/h3,5H,4,6-7H2,1-2H3,(H,16,17)(H,18,19). The van der Waals surface area contributed by atoms with Crippen LogP contribution in [0.5, 0.6) is 0 Å². The molecule has 0 atom stereocenters. The summed E-state index contributed by atoms with van der Waals surface area (Å²) >= 11 is 0. The van der Waals surface area contributed by atoms with E-state index in [-0.39, 0.29) is 6.54 Å². The fourth-order valence-electron chi connectivity index (χ4n) is 1.65. The Hall–Kier alpha value is -2.58. The maximum Gasteiger partial charge on any atom is 0.323 e. The van der Waals surface area contributed by atoms with Gasteiger partial charge in [0.15, 0.2) is 0 Å². The quantitative estimate of drug-likeness (QED) is 0.723. The first-order chi connectivity index (χ1) is 9.29. The van der Waals surface area contributed by atoms with E-state index in [4.69, 9.17) is 10.2 Å². The Morgan fingerprint density at radius 2 is 1.80 bits per heavy atom. The zero-order valence-corrected chi connectivity index (χ0v) is 11.2. The molecule has 0 radical (unpaired) electrons. The number of aryl methyl sites for hydroxylation is 1. The predicted octanol–water partition coefficient (Wildman–Crippen LogP) is -0.557. The number of nitrogens with zero attached hydrogens (tertiary/aromatic N) is 4. The summed E-state index contributed by atoms with van der Waals surface area (Å²) in [6.07, 6.45) is 3.28. The minimum Gasteiger partial charge on any atom is -0.480 e. The highest BCUT2D eigenvalue weighted by Gasteiger charge is 2.23. The molecule has 9 nitrogen and oxygen atoms in total. The second-order valence-corrected chi connectivity index (χ2v) is 4.30. The van der Waals surface area contributed by atoms with Crippen LogP contribution < -0.4 is 0 Å². The van der Waals surface area contributed by atoms with Crippen molar-refractivity contribution in [3.8, 4) is 0 Å². The van der Waals surface area contributed by atoms with Crippen molar-refractivity contribution >= 4 is 18.0 Å². The van der Waals surface area contributed by atoms with Gasteiger partial charge in [-0.2, -0.15) is 5.10 Å². The Morgan fingerprint density at radius 3 is 2.20 bits per heavy atom. The first-order valence-corrected chi connectivity index (χ1v) is 5.70. The zero-order valence-electron chi connectivity index (χ0n) is 11.2. The second-order valence-electron chi connectivity index (χ2n) is 4.30. The number of aliphatic carboxylic acids is 2. The third kappa shape index (κ3) is 4.59. The summed E-state index contributed by atoms with van der Waals surface area (Å²) in [6, 6.07) is -0.668. The van der Waals surface area contributed by atoms with Crippen LogP contribution in [0.2, 0.25) is 0 Å². The van der Waals surface area contributed by atoms with Crippen molar-refractivity contribution < 1.29 is 24.6 Å². The Balaban J connectivity index is 2.71. The van der Waals surface area contributed by atoms with Crippen molar-refractivity contribution in [2.24, 2.45) is 7.05 Å². The molecule has 0 spiro atoms. The number of urea groups is 1. The van der Waals surface area contributed by atoms with E-state index in [1.807, 2.05) is 0 Å². The summed E-state index contributed by atoms with van der Waals surface area (Å²) in [5.41, 5.74) is 0.758. The normalized spacial score (nSPS) is 10.1. The van der Waals surface area contributed by atoms with Crippen LogP contribution in [0.1, 0.15) is 5.56 Å². The molecule has 0 aliphatic heterocycles. The highest BCUT2D eigenvalue weighted by Crippen LogP contribution is 2.05. The lowest BCUT2D eigenvalue weighted by molar-refractivity contribution is -0.140. The lowest BCUT2D eigenvalue weighted by atomic mass is 10.3. The molecule has 0 saturated heterocycles. The van der Waals surface area contributed by atoms with E-state index >= 15 is 0 Å². The van der Waals surface area contributed by atoms with Crippen LogP contribution in [-0.4, -0.2) is 67.9 Å². The Labute approximate surface area is 115 Å². The molecule has 0 aliphatic carbocycles. The topological polar surface area (TPSA) is 116 Å². The van der Waals surface area contributed by atoms with E-state index in [0.717, 1.165) is 10.5 Å². The second kappa shape index (κ2) is 6.55. The van der Waals surface area contributed by atoms with Crippen LogP contribution in [0.4, 0.5) is 4.79 Å². The Kier molecular flexibility index (Phi) is 5.07. The van der Waals surface area contributed by atoms with Crippen LogP contribution in [0, 0.1) is 0 Å². The number of carboxylic acids is 2. The molecule has 0 aromatic carbocycles. The highest BCUT2D eigenvalue weighted by molar-refractivity contribution is 5.84. The van der Waals surface area contributed by atoms with Crippen LogP contribution in [0.3, 0.4) is 0 Å². The van der Waals surface area contributed by atoms with Gasteiger partial charge in [0, 0.05) is 25.9 Å². The monoisotopic (exact) mass is 284 g/mol. The fourth-order valence-corrected chi connectivity index (χ4v) is 1.65. The van der Waals surface area contributed by atoms with E-state index in [1.54, 1.807) is 24.1 Å². The van der Waals surface area contributed by atoms with Gasteiger partial charge in [0.2, 0.25) is 0 Å². The van der Waals surface area contributed by atoms with Crippen molar-refractivity contribution in [3.05, 3.63) is 18.0 Å². The molecule has 0 fully saturated rings. The van der Waals surface area contributed by atoms with Crippen molar-refractivity contribution in [1.29, 1.82) is 0 Å². The van der Waals surface area contributed by atoms with Gasteiger partial charge in [-0.05, 0) is 0 Å². The van der Waals surface area contributed by atoms with Gasteiger partial charge >= 0.3 is 18.0 Å². The average molecular weight is 284 g/mol. The van der Waals surface area contributed by atoms with Gasteiger partial charge in [0.05, 0.1) is 12.7 Å². The maximum absolute atomic E-state index is 12.0. The number of aromatic nitrogens is 2. The van der Waals surface area contributed by atoms with Crippen molar-refractivity contribution in [2.45, 2.75) is 6.54 Å². The summed E-state index contributed by atoms with van der Waals surface area (Å²) in [6.45, 7) is -1.12. The molecule has 0 aliphatic rings. The van der Waals surface area contributed by atoms with Crippen molar-refractivity contribution in [3.63, 3.8) is 0 Å². The molecule has 9 heteroatoms. The fraction of sp³-hybridized carbons (Fsp3) is 0.455. The summed E-state index contributed by atoms with van der Waals surface area (Å²) in [5, 5.41) is 21.4. The lowest BCUT2D eigenvalue weighted by Gasteiger charge is -2.25. The Bertz CT molecular complexity index is 497. The predicted molar refractivity (Wildman–Crippen MR) is 66.9 cm³/mol. The number of carboxylic acid groups (broad SMARTS) is 2. The lowest BCUT2D eigenvalue weighted by Crippen LogP contribution is -2.45. The first-order valence-electron chi connectivity index (χ1n) is 5.70. The number of carbonyl (C=O) groups is 3. The molecule has 2 amide bonds. The van der Waals surface area contributed by atoms with Crippen molar-refractivity contribution in [2.75, 3.05) is 20.1 Å². The summed E-state index contributed by atoms with van der Waals surface area (Å²) in [7, 11) is 3.19. The number of amides is 2. The van der Waals surface area contributed by atoms with E-state index in [1.165, 1.54) is 11.9 Å². The van der Waals surface area contributed by atoms with Gasteiger partial charge < -0.3 is 20.0 Å². The number of hydrogen-bond acceptors (Lipinski definition) is 4. The SMILES string of the molecule is CN(Cc1cnn(C)c1)C(=O)N(CC(=O)O)CC(=O)O.